The zero-order valence-electron chi connectivity index (χ0n) is 10.9. The van der Waals surface area contributed by atoms with Gasteiger partial charge in [0.05, 0.1) is 21.9 Å². The smallest absolute Gasteiger partial charge is 0.261 e. The van der Waals surface area contributed by atoms with Gasteiger partial charge in [-0.25, -0.2) is 8.42 Å². The lowest BCUT2D eigenvalue weighted by atomic mass is 10.0. The molecule has 1 aromatic rings. The largest absolute Gasteiger partial charge is 0.345 e. The Labute approximate surface area is 117 Å². The van der Waals surface area contributed by atoms with E-state index >= 15 is 0 Å². The third kappa shape index (κ3) is 2.56. The molecular formula is C13H17NO3S2. The van der Waals surface area contributed by atoms with E-state index in [1.165, 1.54) is 16.9 Å². The van der Waals surface area contributed by atoms with Crippen LogP contribution in [0.3, 0.4) is 0 Å². The van der Waals surface area contributed by atoms with E-state index in [0.717, 1.165) is 17.7 Å². The van der Waals surface area contributed by atoms with E-state index in [1.807, 2.05) is 13.0 Å². The van der Waals surface area contributed by atoms with Crippen LogP contribution in [0.4, 0.5) is 0 Å². The normalized spacial score (nSPS) is 28.3. The van der Waals surface area contributed by atoms with Gasteiger partial charge in [0, 0.05) is 4.88 Å². The summed E-state index contributed by atoms with van der Waals surface area (Å²) < 4.78 is 23.1. The molecule has 0 aromatic carbocycles. The summed E-state index contributed by atoms with van der Waals surface area (Å²) in [7, 11) is -2.99. The molecule has 19 heavy (non-hydrogen) atoms. The van der Waals surface area contributed by atoms with Crippen molar-refractivity contribution in [2.24, 2.45) is 0 Å². The molecule has 1 aromatic heterocycles. The predicted molar refractivity (Wildman–Crippen MR) is 75.5 cm³/mol. The summed E-state index contributed by atoms with van der Waals surface area (Å²) in [5.74, 6) is 0.0978. The summed E-state index contributed by atoms with van der Waals surface area (Å²) in [4.78, 5) is 14.3. The number of hydrogen-bond acceptors (Lipinski definition) is 4. The van der Waals surface area contributed by atoms with Crippen molar-refractivity contribution in [1.29, 1.82) is 0 Å². The molecule has 1 fully saturated rings. The number of fused-ring (bicyclic) bond motifs is 1. The molecule has 2 heterocycles. The van der Waals surface area contributed by atoms with E-state index in [-0.39, 0.29) is 17.4 Å². The molecule has 1 N–H and O–H groups in total. The van der Waals surface area contributed by atoms with Gasteiger partial charge in [-0.1, -0.05) is 0 Å². The fourth-order valence-corrected chi connectivity index (χ4v) is 6.13. The Bertz CT molecular complexity index is 611. The maximum absolute atomic E-state index is 12.2. The van der Waals surface area contributed by atoms with Gasteiger partial charge >= 0.3 is 0 Å². The lowest BCUT2D eigenvalue weighted by Crippen LogP contribution is -2.46. The Kier molecular flexibility index (Phi) is 2.98. The minimum absolute atomic E-state index is 0.0524. The second-order valence-electron chi connectivity index (χ2n) is 5.77. The van der Waals surface area contributed by atoms with E-state index in [0.29, 0.717) is 6.42 Å². The SMILES string of the molecule is C[C@]1(NC(=O)c2cc3c(s2)CCC3)CCS(=O)(=O)C1. The highest BCUT2D eigenvalue weighted by Gasteiger charge is 2.39. The van der Waals surface area contributed by atoms with Gasteiger partial charge in [0.15, 0.2) is 9.84 Å². The van der Waals surface area contributed by atoms with E-state index in [9.17, 15) is 13.2 Å². The number of carbonyl (C=O) groups is 1. The molecule has 6 heteroatoms. The first-order valence-corrected chi connectivity index (χ1v) is 9.15. The molecule has 1 aliphatic carbocycles. The Morgan fingerprint density at radius 3 is 2.84 bits per heavy atom. The van der Waals surface area contributed by atoms with Crippen molar-refractivity contribution in [2.45, 2.75) is 38.1 Å². The van der Waals surface area contributed by atoms with Crippen LogP contribution in [-0.2, 0) is 22.7 Å². The van der Waals surface area contributed by atoms with Crippen LogP contribution in [0.5, 0.6) is 0 Å². The fourth-order valence-electron chi connectivity index (χ4n) is 2.89. The molecule has 1 atom stereocenters. The number of amides is 1. The molecular weight excluding hydrogens is 282 g/mol. The first kappa shape index (κ1) is 13.1. The highest BCUT2D eigenvalue weighted by Crippen LogP contribution is 2.31. The fraction of sp³-hybridized carbons (Fsp3) is 0.615. The van der Waals surface area contributed by atoms with Gasteiger partial charge in [-0.05, 0) is 44.2 Å². The molecule has 1 saturated heterocycles. The summed E-state index contributed by atoms with van der Waals surface area (Å²) in [5, 5.41) is 2.91. The van der Waals surface area contributed by atoms with Gasteiger partial charge in [-0.3, -0.25) is 4.79 Å². The summed E-state index contributed by atoms with van der Waals surface area (Å²) in [6.07, 6.45) is 3.81. The summed E-state index contributed by atoms with van der Waals surface area (Å²) in [5.41, 5.74) is 0.684. The Morgan fingerprint density at radius 1 is 1.42 bits per heavy atom. The summed E-state index contributed by atoms with van der Waals surface area (Å²) in [6, 6.07) is 1.97. The number of nitrogens with one attached hydrogen (secondary N) is 1. The highest BCUT2D eigenvalue weighted by atomic mass is 32.2. The molecule has 1 amide bonds. The molecule has 2 aliphatic rings. The molecule has 4 nitrogen and oxygen atoms in total. The van der Waals surface area contributed by atoms with Crippen LogP contribution in [0.25, 0.3) is 0 Å². The van der Waals surface area contributed by atoms with Crippen molar-refractivity contribution < 1.29 is 13.2 Å². The van der Waals surface area contributed by atoms with Crippen molar-refractivity contribution in [3.8, 4) is 0 Å². The zero-order chi connectivity index (χ0) is 13.7. The van der Waals surface area contributed by atoms with Crippen molar-refractivity contribution in [3.05, 3.63) is 21.4 Å². The van der Waals surface area contributed by atoms with Crippen LogP contribution in [0.15, 0.2) is 6.07 Å². The first-order valence-electron chi connectivity index (χ1n) is 6.51. The topological polar surface area (TPSA) is 63.2 Å². The molecule has 104 valence electrons. The van der Waals surface area contributed by atoms with Gasteiger partial charge in [0.25, 0.3) is 5.91 Å². The second-order valence-corrected chi connectivity index (χ2v) is 9.09. The van der Waals surface area contributed by atoms with Crippen LogP contribution < -0.4 is 5.32 Å². The Hall–Kier alpha value is -0.880. The lowest BCUT2D eigenvalue weighted by molar-refractivity contribution is 0.0919. The maximum atomic E-state index is 12.2. The quantitative estimate of drug-likeness (QED) is 0.901. The van der Waals surface area contributed by atoms with Crippen molar-refractivity contribution in [1.82, 2.24) is 5.32 Å². The third-order valence-corrected chi connectivity index (χ3v) is 7.03. The van der Waals surface area contributed by atoms with Gasteiger partial charge < -0.3 is 5.32 Å². The van der Waals surface area contributed by atoms with Gasteiger partial charge in [-0.15, -0.1) is 11.3 Å². The number of hydrogen-bond donors (Lipinski definition) is 1. The second kappa shape index (κ2) is 4.31. The molecule has 0 bridgehead atoms. The minimum Gasteiger partial charge on any atom is -0.345 e. The van der Waals surface area contributed by atoms with Crippen molar-refractivity contribution in [2.75, 3.05) is 11.5 Å². The Morgan fingerprint density at radius 2 is 2.21 bits per heavy atom. The van der Waals surface area contributed by atoms with Crippen LogP contribution in [0.1, 0.15) is 39.9 Å². The number of rotatable bonds is 2. The van der Waals surface area contributed by atoms with E-state index in [4.69, 9.17) is 0 Å². The molecule has 0 unspecified atom stereocenters. The molecule has 1 aliphatic heterocycles. The van der Waals surface area contributed by atoms with Crippen LogP contribution >= 0.6 is 11.3 Å². The molecule has 0 radical (unpaired) electrons. The average Bonchev–Trinajstić information content (AvgIpc) is 2.90. The van der Waals surface area contributed by atoms with Crippen LogP contribution in [0.2, 0.25) is 0 Å². The van der Waals surface area contributed by atoms with E-state index in [2.05, 4.69) is 5.32 Å². The molecule has 0 spiro atoms. The number of thiophene rings is 1. The van der Waals surface area contributed by atoms with Gasteiger partial charge in [0.2, 0.25) is 0 Å². The van der Waals surface area contributed by atoms with Crippen molar-refractivity contribution in [3.63, 3.8) is 0 Å². The summed E-state index contributed by atoms with van der Waals surface area (Å²) >= 11 is 1.55. The van der Waals surface area contributed by atoms with Gasteiger partial charge in [0.1, 0.15) is 0 Å². The highest BCUT2D eigenvalue weighted by molar-refractivity contribution is 7.91. The summed E-state index contributed by atoms with van der Waals surface area (Å²) in [6.45, 7) is 1.82. The zero-order valence-corrected chi connectivity index (χ0v) is 12.5. The predicted octanol–water partition coefficient (Wildman–Crippen LogP) is 1.54. The van der Waals surface area contributed by atoms with Gasteiger partial charge in [-0.2, -0.15) is 0 Å². The standard InChI is InChI=1S/C13H17NO3S2/c1-13(5-6-19(16,17)8-13)14-12(15)11-7-9-3-2-4-10(9)18-11/h7H,2-6,8H2,1H3,(H,14,15)/t13-/m0/s1. The average molecular weight is 299 g/mol. The first-order chi connectivity index (χ1) is 8.87. The number of aryl methyl sites for hydroxylation is 2. The minimum atomic E-state index is -2.99. The maximum Gasteiger partial charge on any atom is 0.261 e. The third-order valence-electron chi connectivity index (χ3n) is 3.89. The Balaban J connectivity index is 1.74. The lowest BCUT2D eigenvalue weighted by Gasteiger charge is -2.23. The monoisotopic (exact) mass is 299 g/mol. The number of sulfone groups is 1. The number of carbonyl (C=O) groups excluding carboxylic acids is 1. The van der Waals surface area contributed by atoms with Crippen LogP contribution in [0, 0.1) is 0 Å². The molecule has 0 saturated carbocycles. The molecule has 3 rings (SSSR count). The van der Waals surface area contributed by atoms with E-state index < -0.39 is 15.4 Å². The van der Waals surface area contributed by atoms with E-state index in [1.54, 1.807) is 11.3 Å². The van der Waals surface area contributed by atoms with Crippen LogP contribution in [-0.4, -0.2) is 31.4 Å². The van der Waals surface area contributed by atoms with Crippen molar-refractivity contribution >= 4 is 27.1 Å².